The Hall–Kier alpha value is -1.08. The van der Waals surface area contributed by atoms with Crippen LogP contribution >= 0.6 is 11.8 Å². The highest BCUT2D eigenvalue weighted by molar-refractivity contribution is 7.98. The molecule has 14 heavy (non-hydrogen) atoms. The molecule has 1 aromatic heterocycles. The molecule has 0 aliphatic carbocycles. The quantitative estimate of drug-likeness (QED) is 0.741. The zero-order valence-electron chi connectivity index (χ0n) is 7.64. The normalized spacial score (nSPS) is 12.7. The molecule has 78 valence electrons. The Bertz CT molecular complexity index is 315. The van der Waals surface area contributed by atoms with E-state index in [0.717, 1.165) is 5.75 Å². The maximum absolute atomic E-state index is 10.4. The Labute approximate surface area is 84.9 Å². The van der Waals surface area contributed by atoms with Crippen molar-refractivity contribution in [2.24, 2.45) is 5.73 Å². The molecule has 1 aromatic rings. The van der Waals surface area contributed by atoms with E-state index >= 15 is 0 Å². The summed E-state index contributed by atoms with van der Waals surface area (Å²) in [6.07, 6.45) is 2.64. The molecule has 0 amide bonds. The highest BCUT2D eigenvalue weighted by Gasteiger charge is 2.17. The summed E-state index contributed by atoms with van der Waals surface area (Å²) >= 11 is 1.65. The molecule has 3 N–H and O–H groups in total. The highest BCUT2D eigenvalue weighted by atomic mass is 32.2. The third-order valence-corrected chi connectivity index (χ3v) is 2.23. The standard InChI is InChI=1S/C7H11N3O3S/c1-14-3-2-4(8)6-9-5(7(11)12)10-13-6/h4H,2-3,8H2,1H3,(H,11,12). The molecule has 0 bridgehead atoms. The summed E-state index contributed by atoms with van der Waals surface area (Å²) in [4.78, 5) is 14.1. The van der Waals surface area contributed by atoms with Crippen LogP contribution in [0.5, 0.6) is 0 Å². The van der Waals surface area contributed by atoms with Gasteiger partial charge in [0.15, 0.2) is 0 Å². The number of aromatic carboxylic acids is 1. The Kier molecular flexibility index (Phi) is 3.90. The highest BCUT2D eigenvalue weighted by Crippen LogP contribution is 2.13. The van der Waals surface area contributed by atoms with E-state index in [4.69, 9.17) is 15.4 Å². The molecule has 6 nitrogen and oxygen atoms in total. The van der Waals surface area contributed by atoms with Crippen LogP contribution in [-0.4, -0.2) is 33.2 Å². The van der Waals surface area contributed by atoms with Gasteiger partial charge in [0.25, 0.3) is 5.82 Å². The minimum Gasteiger partial charge on any atom is -0.475 e. The van der Waals surface area contributed by atoms with Crippen molar-refractivity contribution >= 4 is 17.7 Å². The van der Waals surface area contributed by atoms with Crippen molar-refractivity contribution in [1.82, 2.24) is 10.1 Å². The second-order valence-corrected chi connectivity index (χ2v) is 3.63. The van der Waals surface area contributed by atoms with Gasteiger partial charge in [0.05, 0.1) is 6.04 Å². The molecule has 0 spiro atoms. The number of hydrogen-bond donors (Lipinski definition) is 2. The van der Waals surface area contributed by atoms with Gasteiger partial charge in [-0.15, -0.1) is 0 Å². The average Bonchev–Trinajstić information content (AvgIpc) is 2.62. The third kappa shape index (κ3) is 2.71. The van der Waals surface area contributed by atoms with Gasteiger partial charge in [-0.3, -0.25) is 0 Å². The zero-order chi connectivity index (χ0) is 10.6. The molecule has 0 saturated carbocycles. The van der Waals surface area contributed by atoms with Gasteiger partial charge in [-0.1, -0.05) is 0 Å². The van der Waals surface area contributed by atoms with Gasteiger partial charge in [0.1, 0.15) is 0 Å². The van der Waals surface area contributed by atoms with E-state index in [0.29, 0.717) is 6.42 Å². The van der Waals surface area contributed by atoms with Crippen LogP contribution in [0.3, 0.4) is 0 Å². The van der Waals surface area contributed by atoms with Gasteiger partial charge >= 0.3 is 5.97 Å². The molecule has 1 unspecified atom stereocenters. The van der Waals surface area contributed by atoms with E-state index in [-0.39, 0.29) is 17.8 Å². The number of thioether (sulfide) groups is 1. The maximum Gasteiger partial charge on any atom is 0.377 e. The SMILES string of the molecule is CSCCC(N)c1nc(C(=O)O)no1. The monoisotopic (exact) mass is 217 g/mol. The van der Waals surface area contributed by atoms with E-state index in [9.17, 15) is 4.79 Å². The molecule has 1 atom stereocenters. The van der Waals surface area contributed by atoms with Crippen LogP contribution in [-0.2, 0) is 0 Å². The lowest BCUT2D eigenvalue weighted by Gasteiger charge is -2.03. The van der Waals surface area contributed by atoms with Crippen molar-refractivity contribution in [1.29, 1.82) is 0 Å². The van der Waals surface area contributed by atoms with Crippen LogP contribution in [0.4, 0.5) is 0 Å². The van der Waals surface area contributed by atoms with E-state index in [1.165, 1.54) is 0 Å². The van der Waals surface area contributed by atoms with Crippen molar-refractivity contribution in [3.8, 4) is 0 Å². The van der Waals surface area contributed by atoms with Crippen molar-refractivity contribution in [2.75, 3.05) is 12.0 Å². The summed E-state index contributed by atoms with van der Waals surface area (Å²) in [6.45, 7) is 0. The molecule has 1 rings (SSSR count). The average molecular weight is 217 g/mol. The van der Waals surface area contributed by atoms with Gasteiger partial charge in [-0.05, 0) is 23.6 Å². The topological polar surface area (TPSA) is 102 Å². The van der Waals surface area contributed by atoms with Crippen LogP contribution in [0, 0.1) is 0 Å². The fraction of sp³-hybridized carbons (Fsp3) is 0.571. The smallest absolute Gasteiger partial charge is 0.377 e. The number of carboxylic acids is 1. The lowest BCUT2D eigenvalue weighted by Crippen LogP contribution is -2.12. The predicted octanol–water partition coefficient (Wildman–Crippen LogP) is 0.521. The fourth-order valence-electron chi connectivity index (χ4n) is 0.841. The Morgan fingerprint density at radius 2 is 2.50 bits per heavy atom. The number of hydrogen-bond acceptors (Lipinski definition) is 6. The number of carbonyl (C=O) groups is 1. The van der Waals surface area contributed by atoms with Crippen LogP contribution in [0.25, 0.3) is 0 Å². The summed E-state index contributed by atoms with van der Waals surface area (Å²) in [5, 5.41) is 11.8. The predicted molar refractivity (Wildman–Crippen MR) is 51.2 cm³/mol. The maximum atomic E-state index is 10.4. The van der Waals surface area contributed by atoms with Gasteiger partial charge in [-0.25, -0.2) is 4.79 Å². The summed E-state index contributed by atoms with van der Waals surface area (Å²) in [5.74, 6) is -0.514. The molecule has 7 heteroatoms. The lowest BCUT2D eigenvalue weighted by molar-refractivity contribution is 0.0680. The lowest BCUT2D eigenvalue weighted by atomic mass is 10.2. The van der Waals surface area contributed by atoms with Crippen LogP contribution in [0.1, 0.15) is 29.0 Å². The van der Waals surface area contributed by atoms with Gasteiger partial charge < -0.3 is 15.4 Å². The number of rotatable bonds is 5. The second-order valence-electron chi connectivity index (χ2n) is 2.65. The minimum atomic E-state index is -1.21. The first-order valence-electron chi connectivity index (χ1n) is 3.96. The van der Waals surface area contributed by atoms with Crippen LogP contribution in [0.15, 0.2) is 4.52 Å². The number of carboxylic acid groups (broad SMARTS) is 1. The molecular formula is C7H11N3O3S. The number of nitrogens with two attached hydrogens (primary N) is 1. The first kappa shape index (κ1) is 11.0. The van der Waals surface area contributed by atoms with E-state index in [1.54, 1.807) is 11.8 Å². The molecule has 0 fully saturated rings. The molecule has 0 aromatic carbocycles. The molecule has 0 saturated heterocycles. The number of aromatic nitrogens is 2. The molecule has 1 heterocycles. The Morgan fingerprint density at radius 1 is 1.79 bits per heavy atom. The van der Waals surface area contributed by atoms with Crippen LogP contribution in [0.2, 0.25) is 0 Å². The second kappa shape index (κ2) is 4.97. The largest absolute Gasteiger partial charge is 0.475 e. The van der Waals surface area contributed by atoms with E-state index < -0.39 is 5.97 Å². The van der Waals surface area contributed by atoms with Crippen molar-refractivity contribution in [3.05, 3.63) is 11.7 Å². The Morgan fingerprint density at radius 3 is 3.00 bits per heavy atom. The molecular weight excluding hydrogens is 206 g/mol. The minimum absolute atomic E-state index is 0.177. The third-order valence-electron chi connectivity index (χ3n) is 1.58. The number of nitrogens with zero attached hydrogens (tertiary/aromatic N) is 2. The summed E-state index contributed by atoms with van der Waals surface area (Å²) < 4.78 is 4.71. The van der Waals surface area contributed by atoms with E-state index in [2.05, 4.69) is 10.1 Å². The molecule has 0 aliphatic rings. The van der Waals surface area contributed by atoms with Crippen molar-refractivity contribution in [3.63, 3.8) is 0 Å². The van der Waals surface area contributed by atoms with E-state index in [1.807, 2.05) is 6.26 Å². The van der Waals surface area contributed by atoms with Gasteiger partial charge in [-0.2, -0.15) is 16.7 Å². The first-order valence-corrected chi connectivity index (χ1v) is 5.36. The van der Waals surface area contributed by atoms with Gasteiger partial charge in [0, 0.05) is 0 Å². The molecule has 0 radical (unpaired) electrons. The summed E-state index contributed by atoms with van der Waals surface area (Å²) in [5.41, 5.74) is 5.69. The summed E-state index contributed by atoms with van der Waals surface area (Å²) in [6, 6.07) is -0.386. The first-order chi connectivity index (χ1) is 6.65. The van der Waals surface area contributed by atoms with Crippen molar-refractivity contribution in [2.45, 2.75) is 12.5 Å². The fourth-order valence-corrected chi connectivity index (χ4v) is 1.33. The Balaban J connectivity index is 2.61. The zero-order valence-corrected chi connectivity index (χ0v) is 8.45. The summed E-state index contributed by atoms with van der Waals surface area (Å²) in [7, 11) is 0. The van der Waals surface area contributed by atoms with Gasteiger partial charge in [0.2, 0.25) is 5.89 Å². The van der Waals surface area contributed by atoms with Crippen molar-refractivity contribution < 1.29 is 14.4 Å². The molecule has 0 aliphatic heterocycles. The van der Waals surface area contributed by atoms with Crippen LogP contribution < -0.4 is 5.73 Å².